The van der Waals surface area contributed by atoms with Crippen molar-refractivity contribution >= 4 is 37.4 Å². The Labute approximate surface area is 130 Å². The molecule has 0 saturated heterocycles. The monoisotopic (exact) mass is 350 g/mol. The molecule has 0 aliphatic rings. The molecule has 0 saturated carbocycles. The van der Waals surface area contributed by atoms with Gasteiger partial charge in [0.2, 0.25) is 0 Å². The van der Waals surface area contributed by atoms with Gasteiger partial charge in [0.25, 0.3) is 0 Å². The Balaban J connectivity index is 2.44. The molecule has 2 nitrogen and oxygen atoms in total. The van der Waals surface area contributed by atoms with E-state index in [9.17, 15) is 4.79 Å². The van der Waals surface area contributed by atoms with E-state index >= 15 is 0 Å². The first-order chi connectivity index (χ1) is 9.40. The zero-order chi connectivity index (χ0) is 14.8. The molecule has 1 atom stereocenters. The van der Waals surface area contributed by atoms with Crippen molar-refractivity contribution in [1.29, 1.82) is 0 Å². The van der Waals surface area contributed by atoms with Gasteiger partial charge in [-0.3, -0.25) is 0 Å². The summed E-state index contributed by atoms with van der Waals surface area (Å²) in [6, 6.07) is 12.4. The molecule has 2 rings (SSSR count). The van der Waals surface area contributed by atoms with Gasteiger partial charge in [-0.15, -0.1) is 0 Å². The van der Waals surface area contributed by atoms with Gasteiger partial charge in [0, 0.05) is 0 Å². The number of ether oxygens (including phenoxy) is 1. The summed E-state index contributed by atoms with van der Waals surface area (Å²) in [7, 11) is 1.45. The summed E-state index contributed by atoms with van der Waals surface area (Å²) in [6.45, 7) is 6.69. The zero-order valence-electron chi connectivity index (χ0n) is 12.2. The molecule has 0 aliphatic heterocycles. The summed E-state index contributed by atoms with van der Waals surface area (Å²) in [6.07, 6.45) is 0. The molecule has 1 unspecified atom stereocenters. The standard InChI is InChI=1S/C16H19AsO2S/c1-16(2,3)17-12-10-13(11-8-6-5-7-9-11)20-14(12)15(18)19-4/h5-10,17H,1-4H3. The molecule has 2 aromatic rings. The second-order valence-corrected chi connectivity index (χ2v) is 11.4. The van der Waals surface area contributed by atoms with E-state index in [-0.39, 0.29) is 25.9 Å². The molecule has 20 heavy (non-hydrogen) atoms. The summed E-state index contributed by atoms with van der Waals surface area (Å²) in [5.74, 6) is -0.208. The van der Waals surface area contributed by atoms with Crippen LogP contribution in [0, 0.1) is 0 Å². The summed E-state index contributed by atoms with van der Waals surface area (Å²) in [5.41, 5.74) is 1.16. The van der Waals surface area contributed by atoms with Crippen LogP contribution in [0.25, 0.3) is 10.4 Å². The number of hydrogen-bond donors (Lipinski definition) is 0. The Hall–Kier alpha value is -1.05. The van der Waals surface area contributed by atoms with E-state index in [0.29, 0.717) is 0 Å². The van der Waals surface area contributed by atoms with Crippen molar-refractivity contribution in [3.05, 3.63) is 41.3 Å². The van der Waals surface area contributed by atoms with Gasteiger partial charge in [0.15, 0.2) is 0 Å². The first-order valence-corrected chi connectivity index (χ1v) is 9.38. The molecule has 1 aromatic heterocycles. The Kier molecular flexibility index (Phi) is 4.72. The maximum absolute atomic E-state index is 12.0. The molecular weight excluding hydrogens is 331 g/mol. The molecular formula is C16H19AsO2S. The van der Waals surface area contributed by atoms with E-state index < -0.39 is 0 Å². The van der Waals surface area contributed by atoms with Gasteiger partial charge < -0.3 is 0 Å². The van der Waals surface area contributed by atoms with Gasteiger partial charge in [-0.25, -0.2) is 0 Å². The quantitative estimate of drug-likeness (QED) is 0.626. The van der Waals surface area contributed by atoms with Gasteiger partial charge in [0.05, 0.1) is 0 Å². The minimum absolute atomic E-state index is 0.208. The Bertz CT molecular complexity index is 597. The molecule has 0 radical (unpaired) electrons. The van der Waals surface area contributed by atoms with Crippen molar-refractivity contribution in [2.24, 2.45) is 0 Å². The Morgan fingerprint density at radius 1 is 1.20 bits per heavy atom. The minimum atomic E-state index is -0.390. The number of methoxy groups -OCH3 is 1. The summed E-state index contributed by atoms with van der Waals surface area (Å²) < 4.78 is 6.40. The molecule has 0 amide bonds. The SMILES string of the molecule is COC(=O)c1sc(-c2ccccc2)cc1[AsH]C(C)(C)C. The van der Waals surface area contributed by atoms with Crippen LogP contribution in [0.2, 0.25) is 4.20 Å². The molecule has 0 N–H and O–H groups in total. The topological polar surface area (TPSA) is 26.3 Å². The van der Waals surface area contributed by atoms with Crippen molar-refractivity contribution in [3.63, 3.8) is 0 Å². The van der Waals surface area contributed by atoms with Crippen molar-refractivity contribution in [1.82, 2.24) is 0 Å². The molecule has 0 bridgehead atoms. The van der Waals surface area contributed by atoms with Crippen LogP contribution in [0.1, 0.15) is 30.4 Å². The molecule has 4 heteroatoms. The second-order valence-electron chi connectivity index (χ2n) is 5.59. The fourth-order valence-corrected chi connectivity index (χ4v) is 6.27. The third-order valence-electron chi connectivity index (χ3n) is 2.67. The van der Waals surface area contributed by atoms with E-state index in [1.54, 1.807) is 11.3 Å². The third kappa shape index (κ3) is 3.74. The number of esters is 1. The van der Waals surface area contributed by atoms with E-state index in [0.717, 1.165) is 15.3 Å². The van der Waals surface area contributed by atoms with Gasteiger partial charge in [-0.05, 0) is 0 Å². The van der Waals surface area contributed by atoms with Crippen LogP contribution in [0.3, 0.4) is 0 Å². The summed E-state index contributed by atoms with van der Waals surface area (Å²) in [4.78, 5) is 13.9. The van der Waals surface area contributed by atoms with Crippen LogP contribution >= 0.6 is 11.3 Å². The van der Waals surface area contributed by atoms with Crippen molar-refractivity contribution in [2.45, 2.75) is 25.0 Å². The number of carbonyl (C=O) groups is 1. The average Bonchev–Trinajstić information content (AvgIpc) is 2.80. The molecule has 106 valence electrons. The molecule has 1 aromatic carbocycles. The van der Waals surface area contributed by atoms with E-state index in [1.165, 1.54) is 11.5 Å². The number of hydrogen-bond acceptors (Lipinski definition) is 3. The van der Waals surface area contributed by atoms with Crippen molar-refractivity contribution in [2.75, 3.05) is 7.11 Å². The van der Waals surface area contributed by atoms with E-state index in [2.05, 4.69) is 39.0 Å². The van der Waals surface area contributed by atoms with Crippen LogP contribution in [0.15, 0.2) is 36.4 Å². The number of rotatable bonds is 3. The van der Waals surface area contributed by atoms with E-state index in [1.807, 2.05) is 18.2 Å². The van der Waals surface area contributed by atoms with Crippen LogP contribution < -0.4 is 4.35 Å². The molecule has 0 aliphatic carbocycles. The summed E-state index contributed by atoms with van der Waals surface area (Å²) >= 11 is 1.15. The fourth-order valence-electron chi connectivity index (χ4n) is 1.88. The summed E-state index contributed by atoms with van der Waals surface area (Å²) in [5, 5.41) is 0. The first kappa shape index (κ1) is 15.3. The first-order valence-electron chi connectivity index (χ1n) is 6.46. The second kappa shape index (κ2) is 6.15. The van der Waals surface area contributed by atoms with E-state index in [4.69, 9.17) is 4.74 Å². The Morgan fingerprint density at radius 2 is 1.85 bits per heavy atom. The van der Waals surface area contributed by atoms with Crippen LogP contribution in [0.5, 0.6) is 0 Å². The maximum atomic E-state index is 12.0. The predicted molar refractivity (Wildman–Crippen MR) is 87.6 cm³/mol. The molecule has 1 heterocycles. The van der Waals surface area contributed by atoms with Crippen LogP contribution in [-0.4, -0.2) is 28.8 Å². The van der Waals surface area contributed by atoms with Crippen LogP contribution in [-0.2, 0) is 4.74 Å². The normalized spacial score (nSPS) is 12.0. The average molecular weight is 350 g/mol. The molecule has 0 fully saturated rings. The van der Waals surface area contributed by atoms with Crippen LogP contribution in [0.4, 0.5) is 0 Å². The van der Waals surface area contributed by atoms with Crippen molar-refractivity contribution < 1.29 is 9.53 Å². The van der Waals surface area contributed by atoms with Gasteiger partial charge >= 0.3 is 131 Å². The zero-order valence-corrected chi connectivity index (χ0v) is 15.1. The number of thiophene rings is 1. The van der Waals surface area contributed by atoms with Gasteiger partial charge in [0.1, 0.15) is 0 Å². The fraction of sp³-hybridized carbons (Fsp3) is 0.312. The number of carbonyl (C=O) groups excluding carboxylic acids is 1. The van der Waals surface area contributed by atoms with Gasteiger partial charge in [-0.2, -0.15) is 0 Å². The predicted octanol–water partition coefficient (Wildman–Crippen LogP) is 3.48. The van der Waals surface area contributed by atoms with Crippen molar-refractivity contribution in [3.8, 4) is 10.4 Å². The number of benzene rings is 1. The van der Waals surface area contributed by atoms with Gasteiger partial charge in [-0.1, -0.05) is 0 Å². The molecule has 0 spiro atoms. The third-order valence-corrected chi connectivity index (χ3v) is 7.18. The Morgan fingerprint density at radius 3 is 2.40 bits per heavy atom.